The summed E-state index contributed by atoms with van der Waals surface area (Å²) in [5.74, 6) is -3.73. The fourth-order valence-corrected chi connectivity index (χ4v) is 5.60. The van der Waals surface area contributed by atoms with E-state index in [0.29, 0.717) is 25.3 Å². The van der Waals surface area contributed by atoms with E-state index in [2.05, 4.69) is 10.1 Å². The van der Waals surface area contributed by atoms with Gasteiger partial charge in [-0.15, -0.1) is 0 Å². The molecule has 3 heterocycles. The van der Waals surface area contributed by atoms with Gasteiger partial charge in [-0.25, -0.2) is 4.98 Å². The van der Waals surface area contributed by atoms with Gasteiger partial charge in [-0.3, -0.25) is 4.79 Å². The molecule has 1 saturated heterocycles. The van der Waals surface area contributed by atoms with Crippen LogP contribution >= 0.6 is 0 Å². The summed E-state index contributed by atoms with van der Waals surface area (Å²) in [4.78, 5) is 18.1. The average Bonchev–Trinajstić information content (AvgIpc) is 3.43. The van der Waals surface area contributed by atoms with Crippen molar-refractivity contribution in [2.24, 2.45) is 5.92 Å². The van der Waals surface area contributed by atoms with E-state index in [1.54, 1.807) is 11.9 Å². The maximum atomic E-state index is 14.4. The number of alkyl halides is 2. The van der Waals surface area contributed by atoms with Gasteiger partial charge in [0, 0.05) is 39.8 Å². The Kier molecular flexibility index (Phi) is 5.91. The van der Waals surface area contributed by atoms with Crippen LogP contribution < -0.4 is 0 Å². The monoisotopic (exact) mass is 507 g/mol. The van der Waals surface area contributed by atoms with Crippen LogP contribution in [0.1, 0.15) is 48.8 Å². The molecule has 12 heteroatoms. The standard InChI is InChI=1S/C23H27F2N5O4S/c1-23(24,25)22-27-19-11-18(5-6-20(19)29(22)13-15-7-9-34-10-8-15)35(32,33)30-14-16(12-26-30)21(31)28(2)17-3-4-17/h5-6,11-12,14-15,17H,3-4,7-10,13H2,1-2H3. The van der Waals surface area contributed by atoms with E-state index in [9.17, 15) is 22.0 Å². The fourth-order valence-electron chi connectivity index (χ4n) is 4.46. The van der Waals surface area contributed by atoms with Crippen molar-refractivity contribution in [1.29, 1.82) is 0 Å². The number of benzene rings is 1. The third-order valence-electron chi connectivity index (χ3n) is 6.66. The van der Waals surface area contributed by atoms with Crippen LogP contribution in [0.15, 0.2) is 35.5 Å². The molecule has 0 atom stereocenters. The van der Waals surface area contributed by atoms with Crippen LogP contribution in [-0.2, 0) is 27.2 Å². The molecule has 3 aromatic rings. The quantitative estimate of drug-likeness (QED) is 0.487. The van der Waals surface area contributed by atoms with Crippen LogP contribution in [-0.4, -0.2) is 64.3 Å². The van der Waals surface area contributed by atoms with Gasteiger partial charge >= 0.3 is 5.92 Å². The highest BCUT2D eigenvalue weighted by molar-refractivity contribution is 7.89. The van der Waals surface area contributed by atoms with E-state index in [0.717, 1.165) is 36.7 Å². The van der Waals surface area contributed by atoms with Crippen LogP contribution in [0.5, 0.6) is 0 Å². The first kappa shape index (κ1) is 23.9. The van der Waals surface area contributed by atoms with E-state index < -0.39 is 21.8 Å². The summed E-state index contributed by atoms with van der Waals surface area (Å²) in [5.41, 5.74) is 0.763. The molecule has 0 N–H and O–H groups in total. The van der Waals surface area contributed by atoms with Crippen LogP contribution in [0.25, 0.3) is 11.0 Å². The number of rotatable bonds is 7. The Morgan fingerprint density at radius 1 is 1.23 bits per heavy atom. The van der Waals surface area contributed by atoms with E-state index in [1.807, 2.05) is 0 Å². The van der Waals surface area contributed by atoms with Crippen LogP contribution in [0.3, 0.4) is 0 Å². The van der Waals surface area contributed by atoms with Gasteiger partial charge < -0.3 is 14.2 Å². The molecule has 9 nitrogen and oxygen atoms in total. The van der Waals surface area contributed by atoms with Crippen LogP contribution in [0.2, 0.25) is 0 Å². The molecule has 1 aliphatic carbocycles. The van der Waals surface area contributed by atoms with Crippen LogP contribution in [0.4, 0.5) is 8.78 Å². The van der Waals surface area contributed by atoms with Crippen LogP contribution in [0, 0.1) is 5.92 Å². The molecule has 2 fully saturated rings. The van der Waals surface area contributed by atoms with Gasteiger partial charge in [0.1, 0.15) is 0 Å². The number of imidazole rings is 1. The zero-order valence-corrected chi connectivity index (χ0v) is 20.3. The van der Waals surface area contributed by atoms with Crippen molar-refractivity contribution < 1.29 is 26.7 Å². The van der Waals surface area contributed by atoms with Gasteiger partial charge in [-0.1, -0.05) is 0 Å². The van der Waals surface area contributed by atoms with E-state index in [-0.39, 0.29) is 33.8 Å². The van der Waals surface area contributed by atoms with E-state index in [1.165, 1.54) is 35.2 Å². The number of nitrogens with zero attached hydrogens (tertiary/aromatic N) is 5. The summed E-state index contributed by atoms with van der Waals surface area (Å²) in [6.07, 6.45) is 5.77. The number of carbonyl (C=O) groups is 1. The molecule has 1 saturated carbocycles. The van der Waals surface area contributed by atoms with Crippen molar-refractivity contribution in [3.8, 4) is 0 Å². The lowest BCUT2D eigenvalue weighted by Gasteiger charge is -2.24. The van der Waals surface area contributed by atoms with Gasteiger partial charge in [0.15, 0.2) is 5.82 Å². The molecule has 188 valence electrons. The second-order valence-electron chi connectivity index (χ2n) is 9.39. The van der Waals surface area contributed by atoms with Crippen molar-refractivity contribution in [1.82, 2.24) is 23.6 Å². The number of halogens is 2. The summed E-state index contributed by atoms with van der Waals surface area (Å²) >= 11 is 0. The summed E-state index contributed by atoms with van der Waals surface area (Å²) in [6, 6.07) is 4.31. The molecule has 2 aliphatic rings. The summed E-state index contributed by atoms with van der Waals surface area (Å²) in [6.45, 7) is 2.31. The van der Waals surface area contributed by atoms with Gasteiger partial charge in [0.25, 0.3) is 15.9 Å². The molecule has 1 amide bonds. The van der Waals surface area contributed by atoms with Gasteiger partial charge in [0.2, 0.25) is 0 Å². The Balaban J connectivity index is 1.48. The van der Waals surface area contributed by atoms with E-state index in [4.69, 9.17) is 4.74 Å². The molecule has 1 aromatic carbocycles. The topological polar surface area (TPSA) is 99.3 Å². The van der Waals surface area contributed by atoms with Crippen molar-refractivity contribution in [2.75, 3.05) is 20.3 Å². The summed E-state index contributed by atoms with van der Waals surface area (Å²) in [7, 11) is -2.48. The molecule has 1 aliphatic heterocycles. The second kappa shape index (κ2) is 8.66. The minimum atomic E-state index is -4.16. The highest BCUT2D eigenvalue weighted by Crippen LogP contribution is 2.33. The molecular formula is C23H27F2N5O4S. The molecule has 35 heavy (non-hydrogen) atoms. The predicted molar refractivity (Wildman–Crippen MR) is 123 cm³/mol. The SMILES string of the molecule is CN(C(=O)c1cnn(S(=O)(=O)c2ccc3c(c2)nc(C(C)(F)F)n3CC2CCOCC2)c1)C1CC1. The highest BCUT2D eigenvalue weighted by Gasteiger charge is 2.34. The zero-order chi connectivity index (χ0) is 25.0. The first-order valence-corrected chi connectivity index (χ1v) is 13.0. The summed E-state index contributed by atoms with van der Waals surface area (Å²) in [5, 5.41) is 3.89. The Morgan fingerprint density at radius 2 is 1.94 bits per heavy atom. The van der Waals surface area contributed by atoms with E-state index >= 15 is 0 Å². The largest absolute Gasteiger partial charge is 0.381 e. The van der Waals surface area contributed by atoms with Gasteiger partial charge in [0.05, 0.1) is 33.9 Å². The average molecular weight is 508 g/mol. The number of fused-ring (bicyclic) bond motifs is 1. The minimum absolute atomic E-state index is 0.149. The smallest absolute Gasteiger partial charge is 0.302 e. The summed E-state index contributed by atoms with van der Waals surface area (Å²) < 4.78 is 62.9. The molecule has 0 spiro atoms. The van der Waals surface area contributed by atoms with Crippen molar-refractivity contribution in [3.63, 3.8) is 0 Å². The number of ether oxygens (including phenoxy) is 1. The fraction of sp³-hybridized carbons (Fsp3) is 0.522. The maximum absolute atomic E-state index is 14.4. The minimum Gasteiger partial charge on any atom is -0.381 e. The molecule has 0 bridgehead atoms. The van der Waals surface area contributed by atoms with Crippen molar-refractivity contribution in [2.45, 2.75) is 56.0 Å². The Labute approximate surface area is 201 Å². The molecule has 0 unspecified atom stereocenters. The van der Waals surface area contributed by atoms with Crippen molar-refractivity contribution in [3.05, 3.63) is 42.0 Å². The molecular weight excluding hydrogens is 480 g/mol. The number of hydrogen-bond donors (Lipinski definition) is 0. The lowest BCUT2D eigenvalue weighted by Crippen LogP contribution is -2.28. The van der Waals surface area contributed by atoms with Gasteiger partial charge in [-0.2, -0.15) is 26.4 Å². The zero-order valence-electron chi connectivity index (χ0n) is 19.5. The first-order chi connectivity index (χ1) is 16.6. The Morgan fingerprint density at radius 3 is 2.60 bits per heavy atom. The lowest BCUT2D eigenvalue weighted by atomic mass is 10.00. The first-order valence-electron chi connectivity index (χ1n) is 11.6. The normalized spacial score (nSPS) is 17.7. The Bertz CT molecular complexity index is 1370. The number of aromatic nitrogens is 4. The lowest BCUT2D eigenvalue weighted by molar-refractivity contribution is 0.00222. The number of amides is 1. The second-order valence-corrected chi connectivity index (χ2v) is 11.2. The predicted octanol–water partition coefficient (Wildman–Crippen LogP) is 3.24. The Hall–Kier alpha value is -2.86. The highest BCUT2D eigenvalue weighted by atomic mass is 32.2. The molecule has 2 aromatic heterocycles. The van der Waals surface area contributed by atoms with Crippen molar-refractivity contribution >= 4 is 27.0 Å². The third-order valence-corrected chi connectivity index (χ3v) is 8.20. The molecule has 0 radical (unpaired) electrons. The number of hydrogen-bond acceptors (Lipinski definition) is 6. The number of carbonyl (C=O) groups excluding carboxylic acids is 1. The molecule has 5 rings (SSSR count). The van der Waals surface area contributed by atoms with Gasteiger partial charge in [-0.05, 0) is 49.8 Å². The third kappa shape index (κ3) is 4.56. The maximum Gasteiger partial charge on any atom is 0.302 e.